The SMILES string of the molecule is COc1ccc2c([nH]c3c(OC)c(N)ccc32)c1OC. The number of fused-ring (bicyclic) bond motifs is 3. The van der Waals surface area contributed by atoms with Crippen molar-refractivity contribution in [1.29, 1.82) is 0 Å². The van der Waals surface area contributed by atoms with Gasteiger partial charge in [0.2, 0.25) is 0 Å². The van der Waals surface area contributed by atoms with Crippen LogP contribution in [0.5, 0.6) is 17.2 Å². The molecule has 0 spiro atoms. The lowest BCUT2D eigenvalue weighted by Crippen LogP contribution is -1.92. The summed E-state index contributed by atoms with van der Waals surface area (Å²) in [4.78, 5) is 3.32. The van der Waals surface area contributed by atoms with E-state index in [9.17, 15) is 0 Å². The van der Waals surface area contributed by atoms with Crippen LogP contribution in [0.4, 0.5) is 5.69 Å². The number of ether oxygens (including phenoxy) is 3. The molecule has 5 heteroatoms. The van der Waals surface area contributed by atoms with Crippen LogP contribution in [0.2, 0.25) is 0 Å². The third kappa shape index (κ3) is 1.56. The van der Waals surface area contributed by atoms with Crippen molar-refractivity contribution in [3.05, 3.63) is 24.3 Å². The minimum atomic E-state index is 0.595. The largest absolute Gasteiger partial charge is 0.493 e. The fraction of sp³-hybridized carbons (Fsp3) is 0.200. The predicted octanol–water partition coefficient (Wildman–Crippen LogP) is 2.93. The number of aromatic amines is 1. The lowest BCUT2D eigenvalue weighted by molar-refractivity contribution is 0.358. The van der Waals surface area contributed by atoms with E-state index in [1.54, 1.807) is 21.3 Å². The molecule has 1 heterocycles. The lowest BCUT2D eigenvalue weighted by Gasteiger charge is -2.07. The zero-order valence-corrected chi connectivity index (χ0v) is 11.6. The maximum absolute atomic E-state index is 5.94. The highest BCUT2D eigenvalue weighted by molar-refractivity contribution is 6.12. The van der Waals surface area contributed by atoms with Gasteiger partial charge in [-0.1, -0.05) is 0 Å². The predicted molar refractivity (Wildman–Crippen MR) is 79.9 cm³/mol. The monoisotopic (exact) mass is 272 g/mol. The van der Waals surface area contributed by atoms with E-state index in [1.807, 2.05) is 24.3 Å². The number of rotatable bonds is 3. The molecule has 0 unspecified atom stereocenters. The standard InChI is InChI=1S/C15H16N2O3/c1-18-11-7-5-9-8-4-6-10(16)14(19-2)12(8)17-13(9)15(11)20-3/h4-7,17H,16H2,1-3H3. The summed E-state index contributed by atoms with van der Waals surface area (Å²) in [6.45, 7) is 0. The molecule has 3 aromatic rings. The first kappa shape index (κ1) is 12.5. The van der Waals surface area contributed by atoms with Gasteiger partial charge in [-0.25, -0.2) is 0 Å². The van der Waals surface area contributed by atoms with Crippen LogP contribution in [0.15, 0.2) is 24.3 Å². The number of benzene rings is 2. The number of H-pyrrole nitrogens is 1. The van der Waals surface area contributed by atoms with E-state index in [-0.39, 0.29) is 0 Å². The Kier molecular flexibility index (Phi) is 2.82. The summed E-state index contributed by atoms with van der Waals surface area (Å²) in [5.74, 6) is 1.99. The summed E-state index contributed by atoms with van der Waals surface area (Å²) in [7, 11) is 4.84. The van der Waals surface area contributed by atoms with E-state index in [0.29, 0.717) is 22.9 Å². The fourth-order valence-corrected chi connectivity index (χ4v) is 2.57. The number of anilines is 1. The summed E-state index contributed by atoms with van der Waals surface area (Å²) in [6, 6.07) is 7.69. The molecule has 0 saturated carbocycles. The van der Waals surface area contributed by atoms with Crippen LogP contribution in [0.25, 0.3) is 21.8 Å². The molecule has 0 aliphatic rings. The molecule has 0 radical (unpaired) electrons. The van der Waals surface area contributed by atoms with Crippen LogP contribution in [0.3, 0.4) is 0 Å². The van der Waals surface area contributed by atoms with Gasteiger partial charge in [0.15, 0.2) is 17.2 Å². The topological polar surface area (TPSA) is 69.5 Å². The Balaban J connectivity index is 2.47. The molecule has 3 N–H and O–H groups in total. The molecular formula is C15H16N2O3. The van der Waals surface area contributed by atoms with E-state index < -0.39 is 0 Å². The molecular weight excluding hydrogens is 256 g/mol. The maximum atomic E-state index is 5.94. The van der Waals surface area contributed by atoms with Gasteiger partial charge in [-0.15, -0.1) is 0 Å². The van der Waals surface area contributed by atoms with Gasteiger partial charge >= 0.3 is 0 Å². The summed E-state index contributed by atoms with van der Waals surface area (Å²) in [5.41, 5.74) is 8.26. The van der Waals surface area contributed by atoms with Crippen molar-refractivity contribution in [2.45, 2.75) is 0 Å². The van der Waals surface area contributed by atoms with Crippen molar-refractivity contribution >= 4 is 27.5 Å². The molecule has 0 aliphatic carbocycles. The number of hydrogen-bond donors (Lipinski definition) is 2. The van der Waals surface area contributed by atoms with Crippen molar-refractivity contribution in [1.82, 2.24) is 4.98 Å². The first-order valence-corrected chi connectivity index (χ1v) is 6.20. The average molecular weight is 272 g/mol. The van der Waals surface area contributed by atoms with Gasteiger partial charge in [-0.05, 0) is 24.3 Å². The Hall–Kier alpha value is -2.56. The van der Waals surface area contributed by atoms with Crippen LogP contribution >= 0.6 is 0 Å². The van der Waals surface area contributed by atoms with E-state index in [1.165, 1.54) is 0 Å². The minimum absolute atomic E-state index is 0.595. The highest BCUT2D eigenvalue weighted by atomic mass is 16.5. The number of nitrogens with two attached hydrogens (primary N) is 1. The second-order valence-electron chi connectivity index (χ2n) is 4.46. The quantitative estimate of drug-likeness (QED) is 0.719. The average Bonchev–Trinajstić information content (AvgIpc) is 2.84. The van der Waals surface area contributed by atoms with Gasteiger partial charge in [0.05, 0.1) is 38.1 Å². The summed E-state index contributed by atoms with van der Waals surface area (Å²) >= 11 is 0. The number of hydrogen-bond acceptors (Lipinski definition) is 4. The Morgan fingerprint density at radius 2 is 1.40 bits per heavy atom. The molecule has 104 valence electrons. The van der Waals surface area contributed by atoms with Gasteiger partial charge < -0.3 is 24.9 Å². The molecule has 3 rings (SSSR count). The van der Waals surface area contributed by atoms with Gasteiger partial charge in [0.1, 0.15) is 0 Å². The number of aromatic nitrogens is 1. The smallest absolute Gasteiger partial charge is 0.184 e. The third-order valence-corrected chi connectivity index (χ3v) is 3.48. The molecule has 0 saturated heterocycles. The molecule has 1 aromatic heterocycles. The first-order chi connectivity index (χ1) is 9.71. The summed E-state index contributed by atoms with van der Waals surface area (Å²) in [5, 5.41) is 2.07. The Bertz CT molecular complexity index is 793. The third-order valence-electron chi connectivity index (χ3n) is 3.48. The normalized spacial score (nSPS) is 10.9. The lowest BCUT2D eigenvalue weighted by atomic mass is 10.1. The zero-order chi connectivity index (χ0) is 14.3. The highest BCUT2D eigenvalue weighted by Gasteiger charge is 2.16. The minimum Gasteiger partial charge on any atom is -0.493 e. The zero-order valence-electron chi connectivity index (χ0n) is 11.6. The van der Waals surface area contributed by atoms with Crippen LogP contribution < -0.4 is 19.9 Å². The molecule has 5 nitrogen and oxygen atoms in total. The van der Waals surface area contributed by atoms with Gasteiger partial charge in [0.25, 0.3) is 0 Å². The van der Waals surface area contributed by atoms with Gasteiger partial charge in [0, 0.05) is 10.8 Å². The first-order valence-electron chi connectivity index (χ1n) is 6.20. The molecule has 20 heavy (non-hydrogen) atoms. The van der Waals surface area contributed by atoms with Crippen molar-refractivity contribution in [3.63, 3.8) is 0 Å². The van der Waals surface area contributed by atoms with E-state index >= 15 is 0 Å². The second-order valence-corrected chi connectivity index (χ2v) is 4.46. The molecule has 0 bridgehead atoms. The number of methoxy groups -OCH3 is 3. The highest BCUT2D eigenvalue weighted by Crippen LogP contribution is 2.41. The molecule has 0 amide bonds. The molecule has 0 aliphatic heterocycles. The van der Waals surface area contributed by atoms with E-state index in [2.05, 4.69) is 4.98 Å². The number of nitrogens with one attached hydrogen (secondary N) is 1. The fourth-order valence-electron chi connectivity index (χ4n) is 2.57. The van der Waals surface area contributed by atoms with Gasteiger partial charge in [-0.3, -0.25) is 0 Å². The van der Waals surface area contributed by atoms with Crippen molar-refractivity contribution in [2.24, 2.45) is 0 Å². The van der Waals surface area contributed by atoms with E-state index in [4.69, 9.17) is 19.9 Å². The van der Waals surface area contributed by atoms with Crippen LogP contribution in [0.1, 0.15) is 0 Å². The van der Waals surface area contributed by atoms with Crippen LogP contribution in [-0.2, 0) is 0 Å². The van der Waals surface area contributed by atoms with Crippen molar-refractivity contribution in [2.75, 3.05) is 27.1 Å². The maximum Gasteiger partial charge on any atom is 0.184 e. The van der Waals surface area contributed by atoms with Crippen LogP contribution in [0, 0.1) is 0 Å². The Morgan fingerprint density at radius 3 is 2.00 bits per heavy atom. The molecule has 0 atom stereocenters. The number of nitrogen functional groups attached to an aromatic ring is 1. The Labute approximate surface area is 116 Å². The Morgan fingerprint density at radius 1 is 0.800 bits per heavy atom. The summed E-state index contributed by atoms with van der Waals surface area (Å²) in [6.07, 6.45) is 0. The van der Waals surface area contributed by atoms with E-state index in [0.717, 1.165) is 21.8 Å². The molecule has 0 fully saturated rings. The van der Waals surface area contributed by atoms with Gasteiger partial charge in [-0.2, -0.15) is 0 Å². The second kappa shape index (κ2) is 4.52. The van der Waals surface area contributed by atoms with Crippen molar-refractivity contribution < 1.29 is 14.2 Å². The van der Waals surface area contributed by atoms with Crippen LogP contribution in [-0.4, -0.2) is 26.3 Å². The summed E-state index contributed by atoms with van der Waals surface area (Å²) < 4.78 is 16.2. The molecule has 2 aromatic carbocycles. The van der Waals surface area contributed by atoms with Crippen molar-refractivity contribution in [3.8, 4) is 17.2 Å².